The third-order valence-electron chi connectivity index (χ3n) is 3.69. The van der Waals surface area contributed by atoms with E-state index in [-0.39, 0.29) is 0 Å². The topological polar surface area (TPSA) is 34.6 Å². The molecule has 0 spiro atoms. The van der Waals surface area contributed by atoms with E-state index in [0.29, 0.717) is 11.7 Å². The van der Waals surface area contributed by atoms with Crippen molar-refractivity contribution >= 4 is 23.5 Å². The normalized spacial score (nSPS) is 10.8. The van der Waals surface area contributed by atoms with E-state index in [4.69, 9.17) is 21.1 Å². The first-order chi connectivity index (χ1) is 12.1. The molecule has 25 heavy (non-hydrogen) atoms. The van der Waals surface area contributed by atoms with Gasteiger partial charge in [0, 0.05) is 30.9 Å². The van der Waals surface area contributed by atoms with Gasteiger partial charge >= 0.3 is 0 Å². The van der Waals surface area contributed by atoms with Gasteiger partial charge in [0.2, 0.25) is 0 Å². The van der Waals surface area contributed by atoms with Crippen LogP contribution in [0.1, 0.15) is 18.9 Å². The number of benzene rings is 1. The quantitative estimate of drug-likeness (QED) is 0.339. The first-order valence-electron chi connectivity index (χ1n) is 7.98. The molecule has 0 saturated carbocycles. The van der Waals surface area contributed by atoms with Crippen LogP contribution < -0.4 is 9.47 Å². The van der Waals surface area contributed by atoms with Crippen LogP contribution in [-0.4, -0.2) is 30.1 Å². The van der Waals surface area contributed by atoms with E-state index in [2.05, 4.69) is 22.8 Å². The number of hydrogen-bond acceptors (Lipinski definition) is 5. The third kappa shape index (κ3) is 5.66. The largest absolute Gasteiger partial charge is 0.497 e. The molecule has 0 bridgehead atoms. The van der Waals surface area contributed by atoms with Crippen LogP contribution in [0.5, 0.6) is 11.5 Å². The molecule has 2 rings (SSSR count). The maximum atomic E-state index is 6.22. The molecule has 4 nitrogen and oxygen atoms in total. The molecular weight excluding hydrogens is 356 g/mol. The minimum atomic E-state index is 0.501. The van der Waals surface area contributed by atoms with Gasteiger partial charge in [0.15, 0.2) is 0 Å². The summed E-state index contributed by atoms with van der Waals surface area (Å²) >= 11 is 7.79. The van der Waals surface area contributed by atoms with E-state index >= 15 is 0 Å². The number of halogens is 1. The van der Waals surface area contributed by atoms with E-state index in [1.807, 2.05) is 30.3 Å². The minimum absolute atomic E-state index is 0.501. The summed E-state index contributed by atoms with van der Waals surface area (Å²) in [7, 11) is 3.31. The van der Waals surface area contributed by atoms with Crippen molar-refractivity contribution in [2.24, 2.45) is 0 Å². The Balaban J connectivity index is 2.24. The number of hydrogen-bond donors (Lipinski definition) is 0. The molecule has 0 aliphatic rings. The fraction of sp³-hybridized carbons (Fsp3) is 0.316. The molecule has 0 saturated heterocycles. The summed E-state index contributed by atoms with van der Waals surface area (Å²) in [5.41, 5.74) is 2.22. The van der Waals surface area contributed by atoms with Crippen molar-refractivity contribution in [3.63, 3.8) is 0 Å². The van der Waals surface area contributed by atoms with Gasteiger partial charge in [-0.05, 0) is 36.6 Å². The molecule has 0 fully saturated rings. The number of pyridine rings is 1. The van der Waals surface area contributed by atoms with Gasteiger partial charge in [0.25, 0.3) is 0 Å². The maximum absolute atomic E-state index is 6.22. The van der Waals surface area contributed by atoms with E-state index in [1.165, 1.54) is 0 Å². The lowest BCUT2D eigenvalue weighted by molar-refractivity contribution is 0.384. The molecule has 134 valence electrons. The van der Waals surface area contributed by atoms with Crippen LogP contribution in [0.4, 0.5) is 0 Å². The Morgan fingerprint density at radius 2 is 2.08 bits per heavy atom. The average molecular weight is 379 g/mol. The van der Waals surface area contributed by atoms with Crippen molar-refractivity contribution in [2.45, 2.75) is 24.8 Å². The van der Waals surface area contributed by atoms with Gasteiger partial charge < -0.3 is 9.47 Å². The van der Waals surface area contributed by atoms with Crippen molar-refractivity contribution < 1.29 is 9.47 Å². The molecule has 0 unspecified atom stereocenters. The first-order valence-corrected chi connectivity index (χ1v) is 9.13. The highest BCUT2D eigenvalue weighted by Crippen LogP contribution is 2.33. The molecule has 1 heterocycles. The van der Waals surface area contributed by atoms with Crippen molar-refractivity contribution in [3.8, 4) is 11.5 Å². The zero-order valence-electron chi connectivity index (χ0n) is 14.8. The summed E-state index contributed by atoms with van der Waals surface area (Å²) in [4.78, 5) is 5.07. The van der Waals surface area contributed by atoms with Crippen LogP contribution in [-0.2, 0) is 6.54 Å². The Morgan fingerprint density at radius 3 is 2.72 bits per heavy atom. The van der Waals surface area contributed by atoms with Gasteiger partial charge in [-0.1, -0.05) is 36.7 Å². The molecule has 0 aliphatic heterocycles. The highest BCUT2D eigenvalue weighted by Gasteiger charge is 2.15. The molecule has 0 radical (unpaired) electrons. The zero-order chi connectivity index (χ0) is 18.2. The van der Waals surface area contributed by atoms with Crippen LogP contribution in [0.2, 0.25) is 5.15 Å². The summed E-state index contributed by atoms with van der Waals surface area (Å²) in [6.45, 7) is 7.68. The van der Waals surface area contributed by atoms with Crippen molar-refractivity contribution in [1.29, 1.82) is 0 Å². The first kappa shape index (κ1) is 19.6. The zero-order valence-corrected chi connectivity index (χ0v) is 16.4. The second-order valence-corrected chi connectivity index (χ2v) is 6.96. The molecule has 6 heteroatoms. The second kappa shape index (κ2) is 9.70. The second-order valence-electron chi connectivity index (χ2n) is 5.46. The predicted molar refractivity (Wildman–Crippen MR) is 104 cm³/mol. The van der Waals surface area contributed by atoms with Gasteiger partial charge in [-0.3, -0.25) is 0 Å². The minimum Gasteiger partial charge on any atom is -0.497 e. The molecule has 1 aromatic heterocycles. The van der Waals surface area contributed by atoms with Crippen molar-refractivity contribution in [2.75, 3.05) is 20.8 Å². The average Bonchev–Trinajstić information content (AvgIpc) is 2.63. The lowest BCUT2D eigenvalue weighted by atomic mass is 10.1. The van der Waals surface area contributed by atoms with E-state index in [0.717, 1.165) is 40.5 Å². The van der Waals surface area contributed by atoms with Crippen LogP contribution >= 0.6 is 23.5 Å². The maximum Gasteiger partial charge on any atom is 0.143 e. The van der Waals surface area contributed by atoms with Crippen LogP contribution in [0, 0.1) is 0 Å². The van der Waals surface area contributed by atoms with Gasteiger partial charge in [-0.15, -0.1) is 0 Å². The summed E-state index contributed by atoms with van der Waals surface area (Å²) in [5, 5.41) is 0.501. The number of methoxy groups -OCH3 is 2. The van der Waals surface area contributed by atoms with Gasteiger partial charge in [-0.2, -0.15) is 0 Å². The monoisotopic (exact) mass is 378 g/mol. The van der Waals surface area contributed by atoms with Crippen LogP contribution in [0.25, 0.3) is 0 Å². The van der Waals surface area contributed by atoms with Gasteiger partial charge in [-0.25, -0.2) is 9.29 Å². The van der Waals surface area contributed by atoms with E-state index < -0.39 is 0 Å². The van der Waals surface area contributed by atoms with Gasteiger partial charge in [0.05, 0.1) is 19.1 Å². The predicted octanol–water partition coefficient (Wildman–Crippen LogP) is 5.23. The Bertz CT molecular complexity index is 724. The highest BCUT2D eigenvalue weighted by atomic mass is 35.5. The lowest BCUT2D eigenvalue weighted by Gasteiger charge is -2.23. The molecular formula is C19H23ClN2O2S. The summed E-state index contributed by atoms with van der Waals surface area (Å²) in [5.74, 6) is 1.57. The summed E-state index contributed by atoms with van der Waals surface area (Å²) in [6.07, 6.45) is 2.62. The third-order valence-corrected chi connectivity index (χ3v) is 5.15. The Hall–Kier alpha value is -1.69. The molecule has 0 atom stereocenters. The molecule has 0 amide bonds. The molecule has 0 N–H and O–H groups in total. The molecule has 2 aromatic rings. The van der Waals surface area contributed by atoms with Crippen LogP contribution in [0.15, 0.2) is 53.6 Å². The SMILES string of the molecule is C=C(CC)CN(Cc1ccc(OC)cc1OC)Sc1cccnc1Cl. The molecule has 1 aromatic carbocycles. The Kier molecular flexibility index (Phi) is 7.62. The number of rotatable bonds is 9. The fourth-order valence-corrected chi connectivity index (χ4v) is 3.45. The van der Waals surface area contributed by atoms with E-state index in [9.17, 15) is 0 Å². The van der Waals surface area contributed by atoms with Crippen molar-refractivity contribution in [1.82, 2.24) is 9.29 Å². The number of nitrogens with zero attached hydrogens (tertiary/aromatic N) is 2. The Morgan fingerprint density at radius 1 is 1.28 bits per heavy atom. The standard InChI is InChI=1S/C19H23ClN2O2S/c1-5-14(2)12-22(25-18-7-6-10-21-19(18)20)13-15-8-9-16(23-3)11-17(15)24-4/h6-11H,2,5,12-13H2,1,3-4H3. The smallest absolute Gasteiger partial charge is 0.143 e. The fourth-order valence-electron chi connectivity index (χ4n) is 2.23. The summed E-state index contributed by atoms with van der Waals surface area (Å²) in [6, 6.07) is 9.70. The number of ether oxygens (including phenoxy) is 2. The molecule has 0 aliphatic carbocycles. The number of aromatic nitrogens is 1. The van der Waals surface area contributed by atoms with Crippen molar-refractivity contribution in [3.05, 3.63) is 59.4 Å². The van der Waals surface area contributed by atoms with E-state index in [1.54, 1.807) is 32.4 Å². The summed E-state index contributed by atoms with van der Waals surface area (Å²) < 4.78 is 13.0. The Labute approximate surface area is 158 Å². The van der Waals surface area contributed by atoms with Gasteiger partial charge in [0.1, 0.15) is 16.7 Å². The van der Waals surface area contributed by atoms with Crippen LogP contribution in [0.3, 0.4) is 0 Å². The highest BCUT2D eigenvalue weighted by molar-refractivity contribution is 7.97. The lowest BCUT2D eigenvalue weighted by Crippen LogP contribution is -2.18.